The van der Waals surface area contributed by atoms with E-state index in [1.54, 1.807) is 18.3 Å². The second-order valence-electron chi connectivity index (χ2n) is 6.25. The first-order chi connectivity index (χ1) is 11.6. The van der Waals surface area contributed by atoms with Gasteiger partial charge < -0.3 is 0 Å². The second-order valence-corrected chi connectivity index (χ2v) is 8.01. The first kappa shape index (κ1) is 17.1. The molecule has 1 aliphatic rings. The van der Waals surface area contributed by atoms with Gasteiger partial charge in [-0.2, -0.15) is 0 Å². The zero-order valence-electron chi connectivity index (χ0n) is 13.6. The van der Waals surface area contributed by atoms with Gasteiger partial charge in [0, 0.05) is 25.5 Å². The first-order valence-electron chi connectivity index (χ1n) is 8.29. The summed E-state index contributed by atoms with van der Waals surface area (Å²) in [5, 5.41) is 0. The number of nitrogens with one attached hydrogen (secondary N) is 1. The van der Waals surface area contributed by atoms with Gasteiger partial charge in [0.05, 0.1) is 0 Å². The van der Waals surface area contributed by atoms with E-state index in [0.29, 0.717) is 12.5 Å². The number of likely N-dealkylation sites (tertiary alicyclic amines) is 1. The average Bonchev–Trinajstić information content (AvgIpc) is 2.63. The van der Waals surface area contributed by atoms with Gasteiger partial charge in [-0.1, -0.05) is 30.3 Å². The van der Waals surface area contributed by atoms with E-state index in [2.05, 4.69) is 38.9 Å². The molecule has 5 nitrogen and oxygen atoms in total. The van der Waals surface area contributed by atoms with E-state index in [1.807, 2.05) is 6.07 Å². The molecule has 1 fully saturated rings. The Labute approximate surface area is 143 Å². The Hall–Kier alpha value is -1.76. The predicted octanol–water partition coefficient (Wildman–Crippen LogP) is 2.27. The van der Waals surface area contributed by atoms with E-state index < -0.39 is 10.0 Å². The van der Waals surface area contributed by atoms with Crippen molar-refractivity contribution >= 4 is 10.0 Å². The van der Waals surface area contributed by atoms with Crippen LogP contribution in [0.5, 0.6) is 0 Å². The summed E-state index contributed by atoms with van der Waals surface area (Å²) in [6.07, 6.45) is 4.98. The summed E-state index contributed by atoms with van der Waals surface area (Å²) < 4.78 is 27.2. The van der Waals surface area contributed by atoms with E-state index in [4.69, 9.17) is 0 Å². The van der Waals surface area contributed by atoms with Gasteiger partial charge >= 0.3 is 0 Å². The Balaban J connectivity index is 1.46. The minimum atomic E-state index is -3.45. The van der Waals surface area contributed by atoms with Gasteiger partial charge in [-0.3, -0.25) is 9.88 Å². The third-order valence-electron chi connectivity index (χ3n) is 4.46. The number of rotatable bonds is 6. The van der Waals surface area contributed by atoms with Gasteiger partial charge in [0.2, 0.25) is 10.0 Å². The highest BCUT2D eigenvalue weighted by atomic mass is 32.2. The molecule has 0 bridgehead atoms. The van der Waals surface area contributed by atoms with Gasteiger partial charge in [0.1, 0.15) is 4.90 Å². The molecule has 0 radical (unpaired) electrons. The van der Waals surface area contributed by atoms with Crippen LogP contribution >= 0.6 is 0 Å². The molecule has 2 heterocycles. The van der Waals surface area contributed by atoms with Crippen molar-refractivity contribution in [1.29, 1.82) is 0 Å². The lowest BCUT2D eigenvalue weighted by atomic mass is 9.97. The number of hydrogen-bond acceptors (Lipinski definition) is 4. The first-order valence-corrected chi connectivity index (χ1v) is 9.78. The topological polar surface area (TPSA) is 62.3 Å². The van der Waals surface area contributed by atoms with Gasteiger partial charge in [-0.05, 0) is 49.5 Å². The van der Waals surface area contributed by atoms with E-state index in [-0.39, 0.29) is 4.90 Å². The Morgan fingerprint density at radius 3 is 2.50 bits per heavy atom. The molecule has 0 saturated carbocycles. The molecular weight excluding hydrogens is 322 g/mol. The summed E-state index contributed by atoms with van der Waals surface area (Å²) in [6, 6.07) is 13.7. The molecule has 3 rings (SSSR count). The quantitative estimate of drug-likeness (QED) is 0.872. The highest BCUT2D eigenvalue weighted by molar-refractivity contribution is 7.89. The largest absolute Gasteiger partial charge is 0.299 e. The van der Waals surface area contributed by atoms with E-state index >= 15 is 0 Å². The van der Waals surface area contributed by atoms with Crippen LogP contribution in [0.1, 0.15) is 18.4 Å². The van der Waals surface area contributed by atoms with Crippen LogP contribution in [0.4, 0.5) is 0 Å². The van der Waals surface area contributed by atoms with Crippen LogP contribution < -0.4 is 4.72 Å². The number of hydrogen-bond donors (Lipinski definition) is 1. The standard InChI is InChI=1S/C18H23N3O2S/c22-24(23,18-7-4-10-19-14-18)20-13-16-8-11-21(12-9-16)15-17-5-2-1-3-6-17/h1-7,10,14,16,20H,8-9,11-13,15H2. The fourth-order valence-electron chi connectivity index (χ4n) is 3.01. The van der Waals surface area contributed by atoms with Crippen molar-refractivity contribution in [2.24, 2.45) is 5.92 Å². The molecule has 0 aliphatic carbocycles. The van der Waals surface area contributed by atoms with Crippen LogP contribution in [0.2, 0.25) is 0 Å². The molecule has 1 aromatic heterocycles. The zero-order valence-corrected chi connectivity index (χ0v) is 14.5. The second kappa shape index (κ2) is 7.88. The highest BCUT2D eigenvalue weighted by Gasteiger charge is 2.22. The van der Waals surface area contributed by atoms with Gasteiger partial charge in [0.15, 0.2) is 0 Å². The summed E-state index contributed by atoms with van der Waals surface area (Å²) in [5.41, 5.74) is 1.33. The fourth-order valence-corrected chi connectivity index (χ4v) is 4.09. The maximum atomic E-state index is 12.2. The monoisotopic (exact) mass is 345 g/mol. The minimum Gasteiger partial charge on any atom is -0.299 e. The van der Waals surface area contributed by atoms with Gasteiger partial charge in [-0.15, -0.1) is 0 Å². The van der Waals surface area contributed by atoms with Crippen LogP contribution in [-0.2, 0) is 16.6 Å². The average molecular weight is 345 g/mol. The summed E-state index contributed by atoms with van der Waals surface area (Å²) in [6.45, 7) is 3.48. The summed E-state index contributed by atoms with van der Waals surface area (Å²) in [4.78, 5) is 6.53. The molecule has 2 aromatic rings. The maximum absolute atomic E-state index is 12.2. The zero-order chi connectivity index (χ0) is 16.8. The molecular formula is C18H23N3O2S. The Bertz CT molecular complexity index is 727. The molecule has 0 atom stereocenters. The van der Waals surface area contributed by atoms with Crippen LogP contribution in [-0.4, -0.2) is 37.9 Å². The van der Waals surface area contributed by atoms with Crippen LogP contribution in [0.25, 0.3) is 0 Å². The molecule has 128 valence electrons. The number of benzene rings is 1. The molecule has 1 N–H and O–H groups in total. The molecule has 1 aliphatic heterocycles. The lowest BCUT2D eigenvalue weighted by Gasteiger charge is -2.32. The van der Waals surface area contributed by atoms with Crippen molar-refractivity contribution in [3.8, 4) is 0 Å². The fraction of sp³-hybridized carbons (Fsp3) is 0.389. The molecule has 6 heteroatoms. The third kappa shape index (κ3) is 4.63. The van der Waals surface area contributed by atoms with E-state index in [0.717, 1.165) is 32.5 Å². The van der Waals surface area contributed by atoms with Crippen LogP contribution in [0.3, 0.4) is 0 Å². The van der Waals surface area contributed by atoms with Gasteiger partial charge in [0.25, 0.3) is 0 Å². The molecule has 1 aromatic carbocycles. The summed E-state index contributed by atoms with van der Waals surface area (Å²) in [5.74, 6) is 0.392. The molecule has 1 saturated heterocycles. The Morgan fingerprint density at radius 1 is 1.08 bits per heavy atom. The minimum absolute atomic E-state index is 0.228. The number of sulfonamides is 1. The van der Waals surface area contributed by atoms with Crippen molar-refractivity contribution in [3.63, 3.8) is 0 Å². The van der Waals surface area contributed by atoms with E-state index in [1.165, 1.54) is 11.8 Å². The predicted molar refractivity (Wildman–Crippen MR) is 93.9 cm³/mol. The molecule has 0 amide bonds. The Kier molecular flexibility index (Phi) is 5.60. The number of pyridine rings is 1. The molecule has 0 spiro atoms. The smallest absolute Gasteiger partial charge is 0.242 e. The van der Waals surface area contributed by atoms with Crippen molar-refractivity contribution in [3.05, 3.63) is 60.4 Å². The SMILES string of the molecule is O=S(=O)(NCC1CCN(Cc2ccccc2)CC1)c1cccnc1. The molecule has 24 heavy (non-hydrogen) atoms. The normalized spacial score (nSPS) is 17.0. The van der Waals surface area contributed by atoms with Gasteiger partial charge in [-0.25, -0.2) is 13.1 Å². The van der Waals surface area contributed by atoms with Crippen molar-refractivity contribution in [2.75, 3.05) is 19.6 Å². The van der Waals surface area contributed by atoms with Crippen molar-refractivity contribution < 1.29 is 8.42 Å². The third-order valence-corrected chi connectivity index (χ3v) is 5.87. The summed E-state index contributed by atoms with van der Waals surface area (Å²) >= 11 is 0. The maximum Gasteiger partial charge on any atom is 0.242 e. The van der Waals surface area contributed by atoms with Crippen LogP contribution in [0.15, 0.2) is 59.8 Å². The lowest BCUT2D eigenvalue weighted by molar-refractivity contribution is 0.178. The van der Waals surface area contributed by atoms with Crippen molar-refractivity contribution in [1.82, 2.24) is 14.6 Å². The number of piperidine rings is 1. The lowest BCUT2D eigenvalue weighted by Crippen LogP contribution is -2.38. The Morgan fingerprint density at radius 2 is 1.83 bits per heavy atom. The van der Waals surface area contributed by atoms with E-state index in [9.17, 15) is 8.42 Å². The number of nitrogens with zero attached hydrogens (tertiary/aromatic N) is 2. The molecule has 0 unspecified atom stereocenters. The number of aromatic nitrogens is 1. The summed E-state index contributed by atoms with van der Waals surface area (Å²) in [7, 11) is -3.45. The van der Waals surface area contributed by atoms with Crippen molar-refractivity contribution in [2.45, 2.75) is 24.3 Å². The van der Waals surface area contributed by atoms with Crippen LogP contribution in [0, 0.1) is 5.92 Å². The highest BCUT2D eigenvalue weighted by Crippen LogP contribution is 2.19.